The van der Waals surface area contributed by atoms with Gasteiger partial charge in [0.1, 0.15) is 23.3 Å². The summed E-state index contributed by atoms with van der Waals surface area (Å²) in [4.78, 5) is 1.29. The lowest BCUT2D eigenvalue weighted by Crippen LogP contribution is -2.13. The van der Waals surface area contributed by atoms with Crippen LogP contribution in [0.2, 0.25) is 0 Å². The summed E-state index contributed by atoms with van der Waals surface area (Å²) in [7, 11) is 0. The van der Waals surface area contributed by atoms with Crippen LogP contribution in [0.4, 0.5) is 34.6 Å². The molecule has 3 aromatic carbocycles. The second kappa shape index (κ2) is 6.83. The van der Waals surface area contributed by atoms with Crippen molar-refractivity contribution in [2.75, 3.05) is 4.90 Å². The van der Waals surface area contributed by atoms with Crippen LogP contribution in [0.5, 0.6) is 0 Å². The molecule has 0 N–H and O–H groups in total. The number of aryl methyl sites for hydroxylation is 2. The zero-order valence-electron chi connectivity index (χ0n) is 14.6. The van der Waals surface area contributed by atoms with E-state index in [1.54, 1.807) is 24.3 Å². The fourth-order valence-electron chi connectivity index (χ4n) is 2.69. The topological polar surface area (TPSA) is 3.24 Å². The minimum absolute atomic E-state index is 0.0663. The average Bonchev–Trinajstić information content (AvgIpc) is 2.59. The molecular weight excluding hydrogens is 342 g/mol. The molecule has 3 rings (SSSR count). The van der Waals surface area contributed by atoms with Crippen molar-refractivity contribution in [3.63, 3.8) is 0 Å². The molecule has 0 amide bonds. The maximum Gasteiger partial charge on any atom is 0.147 e. The lowest BCUT2D eigenvalue weighted by Gasteiger charge is -2.26. The molecule has 0 aliphatic heterocycles. The van der Waals surface area contributed by atoms with Crippen molar-refractivity contribution in [1.82, 2.24) is 0 Å². The van der Waals surface area contributed by atoms with E-state index in [-0.39, 0.29) is 22.5 Å². The third-order valence-corrected chi connectivity index (χ3v) is 4.29. The summed E-state index contributed by atoms with van der Waals surface area (Å²) in [5.74, 6) is -2.81. The van der Waals surface area contributed by atoms with Crippen molar-refractivity contribution in [1.29, 1.82) is 0 Å². The van der Waals surface area contributed by atoms with Gasteiger partial charge in [-0.2, -0.15) is 0 Å². The molecule has 0 atom stereocenters. The predicted octanol–water partition coefficient (Wildman–Crippen LogP) is 6.64. The van der Waals surface area contributed by atoms with E-state index in [4.69, 9.17) is 0 Å². The summed E-state index contributed by atoms with van der Waals surface area (Å²) >= 11 is 0. The molecule has 0 aromatic heterocycles. The minimum atomic E-state index is -0.759. The van der Waals surface area contributed by atoms with E-state index < -0.39 is 23.3 Å². The number of hydrogen-bond donors (Lipinski definition) is 0. The van der Waals surface area contributed by atoms with E-state index in [1.165, 1.54) is 18.7 Å². The maximum atomic E-state index is 14.6. The van der Waals surface area contributed by atoms with Crippen LogP contribution in [0.3, 0.4) is 0 Å². The highest BCUT2D eigenvalue weighted by atomic mass is 19.1. The summed E-state index contributed by atoms with van der Waals surface area (Å²) < 4.78 is 56.9. The molecule has 0 radical (unpaired) electrons. The van der Waals surface area contributed by atoms with Gasteiger partial charge in [-0.25, -0.2) is 17.6 Å². The Bertz CT molecular complexity index is 941. The molecule has 0 spiro atoms. The standard InChI is InChI=1S/C21H17F4N/c1-12-4-6-15(7-5-12)26(16-9-18(23)14(3)19(24)10-16)21-11-17(22)13(2)8-20(21)25/h4-11H,1-3H3. The molecular formula is C21H17F4N. The number of nitrogens with zero attached hydrogens (tertiary/aromatic N) is 1. The largest absolute Gasteiger partial charge is 0.307 e. The Kier molecular flexibility index (Phi) is 4.72. The Labute approximate surface area is 149 Å². The van der Waals surface area contributed by atoms with Gasteiger partial charge >= 0.3 is 0 Å². The molecule has 0 saturated heterocycles. The minimum Gasteiger partial charge on any atom is -0.307 e. The van der Waals surface area contributed by atoms with Gasteiger partial charge < -0.3 is 4.90 Å². The highest BCUT2D eigenvalue weighted by Gasteiger charge is 2.20. The van der Waals surface area contributed by atoms with Gasteiger partial charge in [-0.15, -0.1) is 0 Å². The summed E-state index contributed by atoms with van der Waals surface area (Å²) in [6.45, 7) is 4.64. The first kappa shape index (κ1) is 18.0. The van der Waals surface area contributed by atoms with E-state index in [0.717, 1.165) is 29.8 Å². The second-order valence-corrected chi connectivity index (χ2v) is 6.26. The second-order valence-electron chi connectivity index (χ2n) is 6.26. The molecule has 0 bridgehead atoms. The average molecular weight is 359 g/mol. The van der Waals surface area contributed by atoms with Crippen LogP contribution < -0.4 is 4.90 Å². The lowest BCUT2D eigenvalue weighted by atomic mass is 10.1. The number of rotatable bonds is 3. The third kappa shape index (κ3) is 3.29. The monoisotopic (exact) mass is 359 g/mol. The van der Waals surface area contributed by atoms with Crippen molar-refractivity contribution >= 4 is 17.1 Å². The van der Waals surface area contributed by atoms with Gasteiger partial charge in [-0.3, -0.25) is 0 Å². The van der Waals surface area contributed by atoms with Crippen LogP contribution in [-0.4, -0.2) is 0 Å². The Morgan fingerprint density at radius 2 is 1.19 bits per heavy atom. The van der Waals surface area contributed by atoms with Crippen LogP contribution >= 0.6 is 0 Å². The molecule has 0 aliphatic rings. The zero-order valence-corrected chi connectivity index (χ0v) is 14.6. The van der Waals surface area contributed by atoms with Crippen LogP contribution in [-0.2, 0) is 0 Å². The smallest absolute Gasteiger partial charge is 0.147 e. The van der Waals surface area contributed by atoms with Crippen molar-refractivity contribution in [3.05, 3.63) is 88.5 Å². The van der Waals surface area contributed by atoms with E-state index in [9.17, 15) is 17.6 Å². The quantitative estimate of drug-likeness (QED) is 0.474. The third-order valence-electron chi connectivity index (χ3n) is 4.29. The van der Waals surface area contributed by atoms with Crippen LogP contribution in [0, 0.1) is 44.0 Å². The molecule has 1 nitrogen and oxygen atoms in total. The normalized spacial score (nSPS) is 10.9. The first-order chi connectivity index (χ1) is 12.3. The fraction of sp³-hybridized carbons (Fsp3) is 0.143. The summed E-state index contributed by atoms with van der Waals surface area (Å²) in [5.41, 5.74) is 1.38. The highest BCUT2D eigenvalue weighted by Crippen LogP contribution is 2.38. The van der Waals surface area contributed by atoms with Gasteiger partial charge in [0, 0.05) is 17.3 Å². The van der Waals surface area contributed by atoms with Crippen LogP contribution in [0.15, 0.2) is 48.5 Å². The molecule has 26 heavy (non-hydrogen) atoms. The SMILES string of the molecule is Cc1ccc(N(c2cc(F)c(C)c(F)c2)c2cc(F)c(C)cc2F)cc1. The first-order valence-electron chi connectivity index (χ1n) is 8.06. The van der Waals surface area contributed by atoms with E-state index >= 15 is 0 Å². The lowest BCUT2D eigenvalue weighted by molar-refractivity contribution is 0.568. The van der Waals surface area contributed by atoms with Gasteiger partial charge in [0.15, 0.2) is 0 Å². The Morgan fingerprint density at radius 1 is 0.615 bits per heavy atom. The fourth-order valence-corrected chi connectivity index (χ4v) is 2.69. The number of benzene rings is 3. The van der Waals surface area contributed by atoms with Gasteiger partial charge in [-0.05, 0) is 56.7 Å². The maximum absolute atomic E-state index is 14.6. The first-order valence-corrected chi connectivity index (χ1v) is 8.06. The Balaban J connectivity index is 2.27. The zero-order chi connectivity index (χ0) is 19.0. The van der Waals surface area contributed by atoms with Gasteiger partial charge in [0.25, 0.3) is 0 Å². The molecule has 0 heterocycles. The van der Waals surface area contributed by atoms with Crippen LogP contribution in [0.25, 0.3) is 0 Å². The van der Waals surface area contributed by atoms with Crippen LogP contribution in [0.1, 0.15) is 16.7 Å². The van der Waals surface area contributed by atoms with Gasteiger partial charge in [0.2, 0.25) is 0 Å². The Hall–Kier alpha value is -2.82. The van der Waals surface area contributed by atoms with Crippen molar-refractivity contribution in [3.8, 4) is 0 Å². The summed E-state index contributed by atoms with van der Waals surface area (Å²) in [5, 5.41) is 0. The Morgan fingerprint density at radius 3 is 1.77 bits per heavy atom. The van der Waals surface area contributed by atoms with Gasteiger partial charge in [0.05, 0.1) is 11.4 Å². The van der Waals surface area contributed by atoms with Crippen molar-refractivity contribution < 1.29 is 17.6 Å². The van der Waals surface area contributed by atoms with Crippen molar-refractivity contribution in [2.24, 2.45) is 0 Å². The molecule has 0 saturated carbocycles. The van der Waals surface area contributed by atoms with Crippen molar-refractivity contribution in [2.45, 2.75) is 20.8 Å². The molecule has 5 heteroatoms. The molecule has 134 valence electrons. The predicted molar refractivity (Wildman–Crippen MR) is 95.2 cm³/mol. The number of anilines is 3. The summed E-state index contributed by atoms with van der Waals surface area (Å²) in [6.07, 6.45) is 0. The number of hydrogen-bond acceptors (Lipinski definition) is 1. The van der Waals surface area contributed by atoms with Gasteiger partial charge in [-0.1, -0.05) is 17.7 Å². The number of halogens is 4. The summed E-state index contributed by atoms with van der Waals surface area (Å²) in [6, 6.07) is 11.2. The van der Waals surface area contributed by atoms with E-state index in [2.05, 4.69) is 0 Å². The van der Waals surface area contributed by atoms with E-state index in [1.807, 2.05) is 6.92 Å². The highest BCUT2D eigenvalue weighted by molar-refractivity contribution is 5.77. The molecule has 3 aromatic rings. The molecule has 0 unspecified atom stereocenters. The van der Waals surface area contributed by atoms with E-state index in [0.29, 0.717) is 5.69 Å². The molecule has 0 fully saturated rings. The molecule has 0 aliphatic carbocycles.